The first kappa shape index (κ1) is 11.7. The standard InChI is InChI=1S/C13H16N6/c14-11-12(18-10-5-1-2-6-15-10)16-9-17-13(11)19-7-3-4-8-19/h1-2,5-6,9H,3-4,7-8,14H2,(H,15,16,17,18). The number of aromatic nitrogens is 3. The molecule has 2 aromatic rings. The normalized spacial score (nSPS) is 14.6. The topological polar surface area (TPSA) is 80.0 Å². The molecule has 0 spiro atoms. The van der Waals surface area contributed by atoms with E-state index in [1.165, 1.54) is 19.2 Å². The summed E-state index contributed by atoms with van der Waals surface area (Å²) in [7, 11) is 0. The van der Waals surface area contributed by atoms with E-state index >= 15 is 0 Å². The van der Waals surface area contributed by atoms with Gasteiger partial charge in [-0.15, -0.1) is 0 Å². The van der Waals surface area contributed by atoms with Crippen LogP contribution in [0.3, 0.4) is 0 Å². The predicted molar refractivity (Wildman–Crippen MR) is 75.4 cm³/mol. The maximum atomic E-state index is 6.15. The Balaban J connectivity index is 1.88. The Hall–Kier alpha value is -2.37. The summed E-state index contributed by atoms with van der Waals surface area (Å²) in [4.78, 5) is 14.9. The molecule has 0 amide bonds. The maximum absolute atomic E-state index is 6.15. The highest BCUT2D eigenvalue weighted by Crippen LogP contribution is 2.29. The van der Waals surface area contributed by atoms with Gasteiger partial charge in [0.05, 0.1) is 0 Å². The third-order valence-electron chi connectivity index (χ3n) is 3.18. The fourth-order valence-corrected chi connectivity index (χ4v) is 2.22. The van der Waals surface area contributed by atoms with Crippen LogP contribution in [0.5, 0.6) is 0 Å². The molecule has 0 atom stereocenters. The number of rotatable bonds is 3. The molecular weight excluding hydrogens is 240 g/mol. The van der Waals surface area contributed by atoms with Crippen LogP contribution in [0.1, 0.15) is 12.8 Å². The van der Waals surface area contributed by atoms with Crippen LogP contribution in [0.4, 0.5) is 23.1 Å². The Morgan fingerprint density at radius 2 is 1.95 bits per heavy atom. The molecule has 0 unspecified atom stereocenters. The average molecular weight is 256 g/mol. The van der Waals surface area contributed by atoms with Crippen molar-refractivity contribution in [3.8, 4) is 0 Å². The van der Waals surface area contributed by atoms with Crippen molar-refractivity contribution in [3.63, 3.8) is 0 Å². The van der Waals surface area contributed by atoms with Crippen molar-refractivity contribution in [1.82, 2.24) is 15.0 Å². The molecule has 0 aliphatic carbocycles. The molecule has 2 aromatic heterocycles. The summed E-state index contributed by atoms with van der Waals surface area (Å²) < 4.78 is 0. The zero-order valence-electron chi connectivity index (χ0n) is 10.6. The van der Waals surface area contributed by atoms with Crippen molar-refractivity contribution in [2.45, 2.75) is 12.8 Å². The SMILES string of the molecule is Nc1c(Nc2ccccn2)ncnc1N1CCCC1. The first-order valence-corrected chi connectivity index (χ1v) is 6.38. The zero-order valence-corrected chi connectivity index (χ0v) is 10.6. The van der Waals surface area contributed by atoms with Gasteiger partial charge in [0.15, 0.2) is 11.6 Å². The summed E-state index contributed by atoms with van der Waals surface area (Å²) in [5, 5.41) is 3.12. The van der Waals surface area contributed by atoms with E-state index in [9.17, 15) is 0 Å². The van der Waals surface area contributed by atoms with Crippen LogP contribution in [-0.4, -0.2) is 28.0 Å². The minimum absolute atomic E-state index is 0.579. The molecule has 19 heavy (non-hydrogen) atoms. The van der Waals surface area contributed by atoms with Crippen LogP contribution in [0.2, 0.25) is 0 Å². The third kappa shape index (κ3) is 2.42. The van der Waals surface area contributed by atoms with Gasteiger partial charge in [-0.25, -0.2) is 15.0 Å². The second-order valence-corrected chi connectivity index (χ2v) is 4.49. The molecule has 1 fully saturated rings. The van der Waals surface area contributed by atoms with Crippen molar-refractivity contribution >= 4 is 23.1 Å². The minimum atomic E-state index is 0.579. The van der Waals surface area contributed by atoms with Gasteiger partial charge in [-0.05, 0) is 25.0 Å². The van der Waals surface area contributed by atoms with E-state index in [4.69, 9.17) is 5.73 Å². The molecule has 1 aliphatic heterocycles. The fourth-order valence-electron chi connectivity index (χ4n) is 2.22. The minimum Gasteiger partial charge on any atom is -0.393 e. The highest BCUT2D eigenvalue weighted by molar-refractivity contribution is 5.77. The Morgan fingerprint density at radius 3 is 2.68 bits per heavy atom. The largest absolute Gasteiger partial charge is 0.393 e. The molecule has 0 bridgehead atoms. The number of pyridine rings is 1. The van der Waals surface area contributed by atoms with Crippen LogP contribution in [0.25, 0.3) is 0 Å². The second kappa shape index (κ2) is 5.09. The summed E-state index contributed by atoms with van der Waals surface area (Å²) in [6.45, 7) is 2.01. The van der Waals surface area contributed by atoms with E-state index in [-0.39, 0.29) is 0 Å². The second-order valence-electron chi connectivity index (χ2n) is 4.49. The van der Waals surface area contributed by atoms with Gasteiger partial charge in [-0.2, -0.15) is 0 Å². The van der Waals surface area contributed by atoms with E-state index in [1.54, 1.807) is 6.20 Å². The molecule has 1 aliphatic rings. The monoisotopic (exact) mass is 256 g/mol. The molecule has 3 rings (SSSR count). The number of nitrogens with one attached hydrogen (secondary N) is 1. The summed E-state index contributed by atoms with van der Waals surface area (Å²) in [6.07, 6.45) is 5.63. The van der Waals surface area contributed by atoms with Crippen LogP contribution in [0.15, 0.2) is 30.7 Å². The van der Waals surface area contributed by atoms with Crippen molar-refractivity contribution in [2.24, 2.45) is 0 Å². The van der Waals surface area contributed by atoms with Crippen molar-refractivity contribution in [3.05, 3.63) is 30.7 Å². The van der Waals surface area contributed by atoms with E-state index in [0.717, 1.165) is 24.7 Å². The van der Waals surface area contributed by atoms with Gasteiger partial charge >= 0.3 is 0 Å². The van der Waals surface area contributed by atoms with E-state index < -0.39 is 0 Å². The van der Waals surface area contributed by atoms with Gasteiger partial charge in [-0.3, -0.25) is 0 Å². The maximum Gasteiger partial charge on any atom is 0.160 e. The van der Waals surface area contributed by atoms with Gasteiger partial charge in [0.1, 0.15) is 17.8 Å². The zero-order chi connectivity index (χ0) is 13.1. The number of nitrogens with zero attached hydrogens (tertiary/aromatic N) is 4. The fraction of sp³-hybridized carbons (Fsp3) is 0.308. The highest BCUT2D eigenvalue weighted by atomic mass is 15.2. The molecule has 98 valence electrons. The van der Waals surface area contributed by atoms with Crippen LogP contribution in [0, 0.1) is 0 Å². The van der Waals surface area contributed by atoms with Gasteiger partial charge in [0.25, 0.3) is 0 Å². The van der Waals surface area contributed by atoms with E-state index in [2.05, 4.69) is 25.2 Å². The summed E-state index contributed by atoms with van der Waals surface area (Å²) in [6, 6.07) is 5.65. The number of hydrogen-bond donors (Lipinski definition) is 2. The Labute approximate surface area is 111 Å². The summed E-state index contributed by atoms with van der Waals surface area (Å²) in [5.74, 6) is 2.14. The molecule has 0 aromatic carbocycles. The molecule has 6 heteroatoms. The Bertz CT molecular complexity index is 550. The van der Waals surface area contributed by atoms with Crippen LogP contribution >= 0.6 is 0 Å². The van der Waals surface area contributed by atoms with Gasteiger partial charge in [-0.1, -0.05) is 6.07 Å². The molecule has 3 N–H and O–H groups in total. The lowest BCUT2D eigenvalue weighted by Gasteiger charge is -2.19. The Morgan fingerprint density at radius 1 is 1.11 bits per heavy atom. The lowest BCUT2D eigenvalue weighted by molar-refractivity contribution is 0.931. The molecule has 1 saturated heterocycles. The van der Waals surface area contributed by atoms with Gasteiger partial charge in [0, 0.05) is 19.3 Å². The molecular formula is C13H16N6. The Kier molecular flexibility index (Phi) is 3.14. The van der Waals surface area contributed by atoms with Gasteiger partial charge < -0.3 is 16.0 Å². The van der Waals surface area contributed by atoms with Crippen LogP contribution < -0.4 is 16.0 Å². The average Bonchev–Trinajstić information content (AvgIpc) is 2.96. The summed E-state index contributed by atoms with van der Waals surface area (Å²) in [5.41, 5.74) is 6.73. The quantitative estimate of drug-likeness (QED) is 0.871. The van der Waals surface area contributed by atoms with Gasteiger partial charge in [0.2, 0.25) is 0 Å². The molecule has 0 saturated carbocycles. The molecule has 6 nitrogen and oxygen atoms in total. The predicted octanol–water partition coefficient (Wildman–Crippen LogP) is 1.80. The van der Waals surface area contributed by atoms with E-state index in [0.29, 0.717) is 11.5 Å². The number of hydrogen-bond acceptors (Lipinski definition) is 6. The lowest BCUT2D eigenvalue weighted by Crippen LogP contribution is -2.21. The number of anilines is 4. The number of nitrogens with two attached hydrogens (primary N) is 1. The first-order valence-electron chi connectivity index (χ1n) is 6.38. The van der Waals surface area contributed by atoms with Crippen molar-refractivity contribution in [1.29, 1.82) is 0 Å². The summed E-state index contributed by atoms with van der Waals surface area (Å²) >= 11 is 0. The smallest absolute Gasteiger partial charge is 0.160 e. The number of nitrogen functional groups attached to an aromatic ring is 1. The van der Waals surface area contributed by atoms with Crippen molar-refractivity contribution < 1.29 is 0 Å². The lowest BCUT2D eigenvalue weighted by atomic mass is 10.4. The third-order valence-corrected chi connectivity index (χ3v) is 3.18. The molecule has 3 heterocycles. The van der Waals surface area contributed by atoms with Crippen LogP contribution in [-0.2, 0) is 0 Å². The molecule has 0 radical (unpaired) electrons. The van der Waals surface area contributed by atoms with Crippen molar-refractivity contribution in [2.75, 3.05) is 29.0 Å². The first-order chi connectivity index (χ1) is 9.34. The highest BCUT2D eigenvalue weighted by Gasteiger charge is 2.18. The van der Waals surface area contributed by atoms with E-state index in [1.807, 2.05) is 18.2 Å².